The third-order valence-electron chi connectivity index (χ3n) is 4.53. The van der Waals surface area contributed by atoms with Gasteiger partial charge >= 0.3 is 0 Å². The average molecular weight is 324 g/mol. The van der Waals surface area contributed by atoms with Crippen molar-refractivity contribution in [2.75, 3.05) is 29.4 Å². The van der Waals surface area contributed by atoms with Crippen molar-refractivity contribution in [3.8, 4) is 0 Å². The summed E-state index contributed by atoms with van der Waals surface area (Å²) in [6.07, 6.45) is 0.963. The minimum absolute atomic E-state index is 0.198. The highest BCUT2D eigenvalue weighted by Crippen LogP contribution is 2.38. The highest BCUT2D eigenvalue weighted by Gasteiger charge is 2.28. The molecular weight excluding hydrogens is 304 g/mol. The van der Waals surface area contributed by atoms with Crippen LogP contribution in [0.4, 0.5) is 11.4 Å². The van der Waals surface area contributed by atoms with E-state index in [0.717, 1.165) is 25.2 Å². The Bertz CT molecular complexity index is 746. The van der Waals surface area contributed by atoms with E-state index in [0.29, 0.717) is 11.8 Å². The van der Waals surface area contributed by atoms with Gasteiger partial charge in [0.25, 0.3) is 0 Å². The largest absolute Gasteiger partial charge is 0.360 e. The van der Waals surface area contributed by atoms with E-state index >= 15 is 0 Å². The van der Waals surface area contributed by atoms with Crippen molar-refractivity contribution in [2.24, 2.45) is 0 Å². The summed E-state index contributed by atoms with van der Waals surface area (Å²) in [4.78, 5) is 18.3. The summed E-state index contributed by atoms with van der Waals surface area (Å²) >= 11 is 1.90. The van der Waals surface area contributed by atoms with Crippen molar-refractivity contribution in [1.82, 2.24) is 0 Å². The van der Waals surface area contributed by atoms with E-state index in [1.54, 1.807) is 0 Å². The average Bonchev–Trinajstić information content (AvgIpc) is 2.99. The number of hydrogen-bond acceptors (Lipinski definition) is 3. The zero-order valence-electron chi connectivity index (χ0n) is 13.2. The van der Waals surface area contributed by atoms with Gasteiger partial charge in [-0.1, -0.05) is 37.3 Å². The van der Waals surface area contributed by atoms with Gasteiger partial charge < -0.3 is 9.80 Å². The van der Waals surface area contributed by atoms with Gasteiger partial charge in [0.1, 0.15) is 0 Å². The minimum atomic E-state index is 0.198. The van der Waals surface area contributed by atoms with Gasteiger partial charge in [-0.3, -0.25) is 4.79 Å². The van der Waals surface area contributed by atoms with E-state index in [4.69, 9.17) is 0 Å². The fraction of sp³-hybridized carbons (Fsp3) is 0.316. The molecule has 2 aromatic rings. The lowest BCUT2D eigenvalue weighted by Gasteiger charge is -2.34. The molecule has 0 bridgehead atoms. The third kappa shape index (κ3) is 2.72. The van der Waals surface area contributed by atoms with Crippen molar-refractivity contribution in [2.45, 2.75) is 23.5 Å². The van der Waals surface area contributed by atoms with Crippen LogP contribution in [0, 0.1) is 0 Å². The first kappa shape index (κ1) is 14.6. The number of para-hydroxylation sites is 2. The molecule has 23 heavy (non-hydrogen) atoms. The van der Waals surface area contributed by atoms with Crippen LogP contribution in [0.3, 0.4) is 0 Å². The maximum absolute atomic E-state index is 12.9. The summed E-state index contributed by atoms with van der Waals surface area (Å²) in [5.74, 6) is 0.198. The molecule has 0 aromatic heterocycles. The highest BCUT2D eigenvalue weighted by molar-refractivity contribution is 8.00. The molecule has 2 heterocycles. The van der Waals surface area contributed by atoms with Crippen molar-refractivity contribution >= 4 is 29.0 Å². The quantitative estimate of drug-likeness (QED) is 0.844. The van der Waals surface area contributed by atoms with E-state index in [-0.39, 0.29) is 5.91 Å². The number of amides is 1. The Morgan fingerprint density at radius 3 is 2.74 bits per heavy atom. The van der Waals surface area contributed by atoms with E-state index in [2.05, 4.69) is 48.2 Å². The van der Waals surface area contributed by atoms with Gasteiger partial charge in [0.15, 0.2) is 0 Å². The number of nitrogens with zero attached hydrogens (tertiary/aromatic N) is 2. The van der Waals surface area contributed by atoms with E-state index < -0.39 is 0 Å². The lowest BCUT2D eigenvalue weighted by atomic mass is 10.2. The number of anilines is 2. The molecule has 0 aliphatic carbocycles. The molecule has 0 saturated heterocycles. The molecule has 0 fully saturated rings. The molecule has 4 rings (SSSR count). The lowest BCUT2D eigenvalue weighted by Crippen LogP contribution is -2.43. The van der Waals surface area contributed by atoms with E-state index in [1.807, 2.05) is 28.8 Å². The molecular formula is C19H20N2OS. The maximum atomic E-state index is 12.9. The van der Waals surface area contributed by atoms with Gasteiger partial charge in [-0.15, -0.1) is 11.8 Å². The Balaban J connectivity index is 1.56. The Morgan fingerprint density at radius 1 is 1.13 bits per heavy atom. The molecule has 0 radical (unpaired) electrons. The second-order valence-electron chi connectivity index (χ2n) is 6.20. The maximum Gasteiger partial charge on any atom is 0.246 e. The molecule has 4 heteroatoms. The molecule has 2 aliphatic heterocycles. The third-order valence-corrected chi connectivity index (χ3v) is 5.68. The minimum Gasteiger partial charge on any atom is -0.360 e. The molecule has 2 aliphatic rings. The van der Waals surface area contributed by atoms with Gasteiger partial charge in [-0.05, 0) is 30.2 Å². The number of benzene rings is 2. The Labute approximate surface area is 141 Å². The van der Waals surface area contributed by atoms with Gasteiger partial charge in [0, 0.05) is 28.9 Å². The fourth-order valence-electron chi connectivity index (χ4n) is 3.48. The molecule has 0 spiro atoms. The Morgan fingerprint density at radius 2 is 1.87 bits per heavy atom. The zero-order chi connectivity index (χ0) is 15.8. The summed E-state index contributed by atoms with van der Waals surface area (Å²) in [6.45, 7) is 4.40. The first-order chi connectivity index (χ1) is 11.2. The number of fused-ring (bicyclic) bond motifs is 2. The van der Waals surface area contributed by atoms with Crippen LogP contribution in [0.1, 0.15) is 12.5 Å². The van der Waals surface area contributed by atoms with Crippen molar-refractivity contribution in [1.29, 1.82) is 0 Å². The first-order valence-electron chi connectivity index (χ1n) is 8.11. The van der Waals surface area contributed by atoms with Gasteiger partial charge in [-0.2, -0.15) is 0 Å². The van der Waals surface area contributed by atoms with Crippen LogP contribution in [0.25, 0.3) is 0 Å². The van der Waals surface area contributed by atoms with E-state index in [9.17, 15) is 4.79 Å². The summed E-state index contributed by atoms with van der Waals surface area (Å²) in [7, 11) is 0. The SMILES string of the molecule is C[C@H]1CN(CC(=O)N2CCc3ccccc32)c2ccccc2S1. The summed E-state index contributed by atoms with van der Waals surface area (Å²) in [5, 5.41) is 0.503. The van der Waals surface area contributed by atoms with E-state index in [1.165, 1.54) is 16.1 Å². The van der Waals surface area contributed by atoms with Crippen molar-refractivity contribution in [3.05, 3.63) is 54.1 Å². The number of hydrogen-bond donors (Lipinski definition) is 0. The number of thioether (sulfide) groups is 1. The molecule has 2 aromatic carbocycles. The molecule has 118 valence electrons. The van der Waals surface area contributed by atoms with Crippen LogP contribution in [-0.4, -0.2) is 30.8 Å². The molecule has 1 atom stereocenters. The van der Waals surface area contributed by atoms with Crippen LogP contribution in [0.2, 0.25) is 0 Å². The van der Waals surface area contributed by atoms with Crippen LogP contribution in [0.5, 0.6) is 0 Å². The summed E-state index contributed by atoms with van der Waals surface area (Å²) in [5.41, 5.74) is 3.56. The molecule has 1 amide bonds. The predicted octanol–water partition coefficient (Wildman–Crippen LogP) is 3.58. The predicted molar refractivity (Wildman–Crippen MR) is 96.5 cm³/mol. The number of rotatable bonds is 2. The normalized spacial score (nSPS) is 19.4. The molecule has 0 N–H and O–H groups in total. The van der Waals surface area contributed by atoms with Crippen molar-refractivity contribution in [3.63, 3.8) is 0 Å². The second-order valence-corrected chi connectivity index (χ2v) is 7.68. The number of carbonyl (C=O) groups excluding carboxylic acids is 1. The first-order valence-corrected chi connectivity index (χ1v) is 8.99. The van der Waals surface area contributed by atoms with Crippen LogP contribution in [0.15, 0.2) is 53.4 Å². The summed E-state index contributed by atoms with van der Waals surface area (Å²) < 4.78 is 0. The van der Waals surface area contributed by atoms with Crippen molar-refractivity contribution < 1.29 is 4.79 Å². The van der Waals surface area contributed by atoms with Crippen LogP contribution >= 0.6 is 11.8 Å². The van der Waals surface area contributed by atoms with Crippen LogP contribution < -0.4 is 9.80 Å². The molecule has 0 unspecified atom stereocenters. The standard InChI is InChI=1S/C19H20N2OS/c1-14-12-20(17-8-4-5-9-18(17)23-14)13-19(22)21-11-10-15-6-2-3-7-16(15)21/h2-9,14H,10-13H2,1H3/t14-/m0/s1. The van der Waals surface area contributed by atoms with Gasteiger partial charge in [0.2, 0.25) is 5.91 Å². The zero-order valence-corrected chi connectivity index (χ0v) is 14.1. The fourth-order valence-corrected chi connectivity index (χ4v) is 4.64. The number of carbonyl (C=O) groups is 1. The second kappa shape index (κ2) is 5.93. The Kier molecular flexibility index (Phi) is 3.77. The smallest absolute Gasteiger partial charge is 0.246 e. The van der Waals surface area contributed by atoms with Gasteiger partial charge in [0.05, 0.1) is 12.2 Å². The van der Waals surface area contributed by atoms with Gasteiger partial charge in [-0.25, -0.2) is 0 Å². The monoisotopic (exact) mass is 324 g/mol. The lowest BCUT2D eigenvalue weighted by molar-refractivity contribution is -0.117. The highest BCUT2D eigenvalue weighted by atomic mass is 32.2. The topological polar surface area (TPSA) is 23.6 Å². The molecule has 3 nitrogen and oxygen atoms in total. The Hall–Kier alpha value is -1.94. The summed E-state index contributed by atoms with van der Waals surface area (Å²) in [6, 6.07) is 16.6. The molecule has 0 saturated carbocycles. The van der Waals surface area contributed by atoms with Crippen LogP contribution in [-0.2, 0) is 11.2 Å².